The summed E-state index contributed by atoms with van der Waals surface area (Å²) in [6.07, 6.45) is -7.39. The SMILES string of the molecule is O=C(O)OC(=O)ONOC(=O)OC(=O)O.c1cc2cccc3c4cccc5cccc(c(c1)c23)c54. The van der Waals surface area contributed by atoms with Crippen molar-refractivity contribution in [1.82, 2.24) is 5.64 Å². The van der Waals surface area contributed by atoms with Gasteiger partial charge in [-0.1, -0.05) is 72.8 Å². The van der Waals surface area contributed by atoms with E-state index < -0.39 is 24.6 Å². The average molecular weight is 477 g/mol. The summed E-state index contributed by atoms with van der Waals surface area (Å²) in [5.74, 6) is 0. The van der Waals surface area contributed by atoms with Crippen LogP contribution >= 0.6 is 0 Å². The molecule has 0 spiro atoms. The van der Waals surface area contributed by atoms with E-state index in [9.17, 15) is 19.2 Å². The van der Waals surface area contributed by atoms with Crippen LogP contribution in [0.4, 0.5) is 19.2 Å². The Bertz CT molecular complexity index is 1380. The Morgan fingerprint density at radius 2 is 0.857 bits per heavy atom. The van der Waals surface area contributed by atoms with E-state index in [0.717, 1.165) is 5.64 Å². The summed E-state index contributed by atoms with van der Waals surface area (Å²) in [7, 11) is 0. The Morgan fingerprint density at radius 3 is 1.14 bits per heavy atom. The van der Waals surface area contributed by atoms with Gasteiger partial charge in [-0.2, -0.15) is 0 Å². The van der Waals surface area contributed by atoms with Gasteiger partial charge >= 0.3 is 24.6 Å². The summed E-state index contributed by atoms with van der Waals surface area (Å²) in [5.41, 5.74) is 1.12. The molecule has 0 atom stereocenters. The van der Waals surface area contributed by atoms with Crippen LogP contribution in [0, 0.1) is 0 Å². The second kappa shape index (κ2) is 9.77. The van der Waals surface area contributed by atoms with Crippen LogP contribution in [0.2, 0.25) is 0 Å². The zero-order chi connectivity index (χ0) is 24.9. The van der Waals surface area contributed by atoms with Crippen molar-refractivity contribution in [3.8, 4) is 0 Å². The standard InChI is InChI=1S/C20H12.C4H3NO10/c1-5-13-6-2-11-17-18-12-4-8-14-7-3-10-16(20(14)18)15(9-1)19(13)17;6-1(7)12-3(10)14-5-15-4(11)13-2(8)9/h1-12H;5H,(H,6,7)(H,8,9). The fourth-order valence-electron chi connectivity index (χ4n) is 3.85. The number of benzene rings is 5. The van der Waals surface area contributed by atoms with Crippen LogP contribution in [-0.2, 0) is 19.1 Å². The van der Waals surface area contributed by atoms with Gasteiger partial charge in [-0.05, 0) is 43.1 Å². The van der Waals surface area contributed by atoms with Gasteiger partial charge in [0.05, 0.1) is 0 Å². The molecule has 11 heteroatoms. The topological polar surface area (TPSA) is 158 Å². The molecule has 11 nitrogen and oxygen atoms in total. The molecule has 176 valence electrons. The molecule has 5 rings (SSSR count). The number of ether oxygens (including phenoxy) is 2. The fourth-order valence-corrected chi connectivity index (χ4v) is 3.85. The Morgan fingerprint density at radius 1 is 0.543 bits per heavy atom. The average Bonchev–Trinajstić information content (AvgIpc) is 2.82. The van der Waals surface area contributed by atoms with Crippen LogP contribution in [0.5, 0.6) is 0 Å². The van der Waals surface area contributed by atoms with Gasteiger partial charge in [-0.25, -0.2) is 19.2 Å². The molecule has 0 unspecified atom stereocenters. The number of carboxylic acid groups (broad SMARTS) is 2. The monoisotopic (exact) mass is 477 g/mol. The Kier molecular flexibility index (Phi) is 6.42. The normalized spacial score (nSPS) is 10.5. The molecule has 35 heavy (non-hydrogen) atoms. The zero-order valence-corrected chi connectivity index (χ0v) is 17.6. The van der Waals surface area contributed by atoms with Crippen LogP contribution in [0.15, 0.2) is 72.8 Å². The first kappa shape index (κ1) is 23.0. The number of hydrogen-bond acceptors (Lipinski definition) is 9. The summed E-state index contributed by atoms with van der Waals surface area (Å²) in [5, 5.41) is 26.6. The summed E-state index contributed by atoms with van der Waals surface area (Å²) >= 11 is 0. The highest BCUT2D eigenvalue weighted by Crippen LogP contribution is 2.39. The third kappa shape index (κ3) is 4.94. The fraction of sp³-hybridized carbons (Fsp3) is 0. The van der Waals surface area contributed by atoms with Crippen LogP contribution in [0.3, 0.4) is 0 Å². The summed E-state index contributed by atoms with van der Waals surface area (Å²) in [4.78, 5) is 47.0. The highest BCUT2D eigenvalue weighted by molar-refractivity contribution is 6.32. The first-order chi connectivity index (χ1) is 16.8. The zero-order valence-electron chi connectivity index (χ0n) is 17.6. The second-order valence-electron chi connectivity index (χ2n) is 6.94. The molecule has 0 aromatic heterocycles. The molecule has 0 saturated carbocycles. The number of rotatable bonds is 2. The Balaban J connectivity index is 0.000000175. The number of fused-ring (bicyclic) bond motifs is 2. The van der Waals surface area contributed by atoms with Crippen LogP contribution in [0.1, 0.15) is 0 Å². The molecule has 0 heterocycles. The van der Waals surface area contributed by atoms with E-state index in [1.165, 1.54) is 43.1 Å². The first-order valence-electron chi connectivity index (χ1n) is 9.87. The molecule has 0 bridgehead atoms. The van der Waals surface area contributed by atoms with Gasteiger partial charge in [-0.3, -0.25) is 0 Å². The summed E-state index contributed by atoms with van der Waals surface area (Å²) < 4.78 is 6.72. The molecule has 0 aliphatic carbocycles. The van der Waals surface area contributed by atoms with E-state index >= 15 is 0 Å². The van der Waals surface area contributed by atoms with Gasteiger partial charge in [0.25, 0.3) is 0 Å². The van der Waals surface area contributed by atoms with Crippen molar-refractivity contribution < 1.29 is 48.5 Å². The molecule has 3 N–H and O–H groups in total. The van der Waals surface area contributed by atoms with E-state index in [2.05, 4.69) is 91.9 Å². The van der Waals surface area contributed by atoms with E-state index in [1.54, 1.807) is 0 Å². The molecule has 0 aliphatic rings. The van der Waals surface area contributed by atoms with Crippen LogP contribution in [-0.4, -0.2) is 34.8 Å². The lowest BCUT2D eigenvalue weighted by Crippen LogP contribution is -2.26. The maximum atomic E-state index is 10.2. The highest BCUT2D eigenvalue weighted by atomic mass is 17.0. The van der Waals surface area contributed by atoms with Crippen molar-refractivity contribution in [2.75, 3.05) is 0 Å². The molecule has 0 aliphatic heterocycles. The van der Waals surface area contributed by atoms with Crippen molar-refractivity contribution >= 4 is 67.7 Å². The molecular weight excluding hydrogens is 462 g/mol. The predicted octanol–water partition coefficient (Wildman–Crippen LogP) is 5.81. The van der Waals surface area contributed by atoms with E-state index in [1.807, 2.05) is 0 Å². The minimum Gasteiger partial charge on any atom is -0.449 e. The molecular formula is C24H15NO10. The number of hydrogen-bond donors (Lipinski definition) is 3. The van der Waals surface area contributed by atoms with Gasteiger partial charge in [-0.15, -0.1) is 0 Å². The smallest absolute Gasteiger partial charge is 0.449 e. The lowest BCUT2D eigenvalue weighted by molar-refractivity contribution is -0.117. The second-order valence-corrected chi connectivity index (χ2v) is 6.94. The van der Waals surface area contributed by atoms with Gasteiger partial charge in [0, 0.05) is 5.64 Å². The van der Waals surface area contributed by atoms with Gasteiger partial charge in [0.15, 0.2) is 0 Å². The Hall–Kier alpha value is -5.16. The van der Waals surface area contributed by atoms with Crippen LogP contribution < -0.4 is 5.64 Å². The summed E-state index contributed by atoms with van der Waals surface area (Å²) in [6, 6.07) is 26.4. The molecule has 5 aromatic rings. The molecule has 0 saturated heterocycles. The number of nitrogens with one attached hydrogen (secondary N) is 1. The van der Waals surface area contributed by atoms with Gasteiger partial charge in [0.2, 0.25) is 0 Å². The van der Waals surface area contributed by atoms with E-state index in [4.69, 9.17) is 10.2 Å². The first-order valence-corrected chi connectivity index (χ1v) is 9.87. The van der Waals surface area contributed by atoms with E-state index in [0.29, 0.717) is 0 Å². The van der Waals surface area contributed by atoms with Gasteiger partial charge < -0.3 is 29.4 Å². The highest BCUT2D eigenvalue weighted by Gasteiger charge is 2.14. The van der Waals surface area contributed by atoms with Crippen molar-refractivity contribution in [3.63, 3.8) is 0 Å². The molecule has 0 radical (unpaired) electrons. The van der Waals surface area contributed by atoms with Crippen molar-refractivity contribution in [1.29, 1.82) is 0 Å². The van der Waals surface area contributed by atoms with Crippen molar-refractivity contribution in [2.45, 2.75) is 0 Å². The van der Waals surface area contributed by atoms with E-state index in [-0.39, 0.29) is 0 Å². The lowest BCUT2D eigenvalue weighted by Gasteiger charge is -2.13. The predicted molar refractivity (Wildman–Crippen MR) is 122 cm³/mol. The van der Waals surface area contributed by atoms with Crippen molar-refractivity contribution in [3.05, 3.63) is 72.8 Å². The summed E-state index contributed by atoms with van der Waals surface area (Å²) in [6.45, 7) is 0. The largest absolute Gasteiger partial charge is 0.540 e. The third-order valence-electron chi connectivity index (χ3n) is 4.98. The molecule has 5 aromatic carbocycles. The minimum absolute atomic E-state index is 1.12. The molecule has 0 amide bonds. The quantitative estimate of drug-likeness (QED) is 0.0926. The minimum atomic E-state index is -1.95. The third-order valence-corrected chi connectivity index (χ3v) is 4.98. The Labute approximate surface area is 195 Å². The maximum absolute atomic E-state index is 10.2. The number of carbonyl (C=O) groups is 4. The van der Waals surface area contributed by atoms with Gasteiger partial charge in [0.1, 0.15) is 0 Å². The number of carbonyl (C=O) groups excluding carboxylic acids is 2. The lowest BCUT2D eigenvalue weighted by atomic mass is 9.90. The van der Waals surface area contributed by atoms with Crippen LogP contribution in [0.25, 0.3) is 43.1 Å². The molecule has 0 fully saturated rings. The van der Waals surface area contributed by atoms with Crippen molar-refractivity contribution in [2.24, 2.45) is 0 Å². The maximum Gasteiger partial charge on any atom is 0.540 e.